The fraction of sp³-hybridized carbons (Fsp3) is 0.462. The Balaban J connectivity index is 2.37. The van der Waals surface area contributed by atoms with Crippen LogP contribution in [-0.2, 0) is 4.79 Å². The maximum atomic E-state index is 12.1. The van der Waals surface area contributed by atoms with Crippen LogP contribution in [0.2, 0.25) is 5.02 Å². The van der Waals surface area contributed by atoms with Crippen LogP contribution in [0.4, 0.5) is 5.69 Å². The highest BCUT2D eigenvalue weighted by molar-refractivity contribution is 6.31. The number of halogens is 1. The molecule has 0 aliphatic carbocycles. The Hall–Kier alpha value is -1.26. The number of amides is 1. The quantitative estimate of drug-likeness (QED) is 0.878. The molecule has 1 aliphatic heterocycles. The first kappa shape index (κ1) is 13.2. The molecule has 1 aromatic carbocycles. The van der Waals surface area contributed by atoms with Crippen LogP contribution in [0.15, 0.2) is 18.2 Å². The van der Waals surface area contributed by atoms with Gasteiger partial charge in [0.05, 0.1) is 0 Å². The molecule has 2 N–H and O–H groups in total. The summed E-state index contributed by atoms with van der Waals surface area (Å²) in [6.45, 7) is 3.77. The van der Waals surface area contributed by atoms with Crippen molar-refractivity contribution in [3.05, 3.63) is 28.8 Å². The minimum Gasteiger partial charge on any atom is -0.356 e. The maximum Gasteiger partial charge on any atom is 0.246 e. The predicted octanol–water partition coefficient (Wildman–Crippen LogP) is 1.25. The number of anilines is 1. The minimum atomic E-state index is -0.291. The molecule has 1 saturated heterocycles. The Bertz CT molecular complexity index is 464. The molecule has 0 bridgehead atoms. The third-order valence-electron chi connectivity index (χ3n) is 3.49. The molecule has 1 aliphatic rings. The van der Waals surface area contributed by atoms with E-state index < -0.39 is 0 Å². The summed E-state index contributed by atoms with van der Waals surface area (Å²) in [6.07, 6.45) is 0. The lowest BCUT2D eigenvalue weighted by atomic mass is 10.1. The van der Waals surface area contributed by atoms with Crippen molar-refractivity contribution in [2.24, 2.45) is 5.73 Å². The fourth-order valence-corrected chi connectivity index (χ4v) is 2.50. The first-order valence-electron chi connectivity index (χ1n) is 6.03. The zero-order valence-electron chi connectivity index (χ0n) is 10.7. The Kier molecular flexibility index (Phi) is 3.78. The molecule has 98 valence electrons. The lowest BCUT2D eigenvalue weighted by Gasteiger charge is -2.40. The van der Waals surface area contributed by atoms with E-state index in [9.17, 15) is 4.79 Å². The largest absolute Gasteiger partial charge is 0.356 e. The summed E-state index contributed by atoms with van der Waals surface area (Å²) in [5, 5.41) is 0.717. The number of hydrogen-bond acceptors (Lipinski definition) is 3. The highest BCUT2D eigenvalue weighted by Gasteiger charge is 2.32. The summed E-state index contributed by atoms with van der Waals surface area (Å²) >= 11 is 6.14. The van der Waals surface area contributed by atoms with Gasteiger partial charge >= 0.3 is 0 Å². The molecule has 1 amide bonds. The number of rotatable bonds is 2. The molecule has 18 heavy (non-hydrogen) atoms. The summed E-state index contributed by atoms with van der Waals surface area (Å²) in [7, 11) is 1.81. The summed E-state index contributed by atoms with van der Waals surface area (Å²) in [5.41, 5.74) is 7.74. The second kappa shape index (κ2) is 5.16. The van der Waals surface area contributed by atoms with Crippen molar-refractivity contribution >= 4 is 23.2 Å². The topological polar surface area (TPSA) is 49.6 Å². The Morgan fingerprint density at radius 3 is 2.83 bits per heavy atom. The average Bonchev–Trinajstić information content (AvgIpc) is 2.36. The molecule has 1 fully saturated rings. The van der Waals surface area contributed by atoms with Crippen molar-refractivity contribution < 1.29 is 4.79 Å². The van der Waals surface area contributed by atoms with Crippen LogP contribution in [0.1, 0.15) is 5.56 Å². The van der Waals surface area contributed by atoms with Gasteiger partial charge in [0, 0.05) is 37.4 Å². The van der Waals surface area contributed by atoms with Crippen molar-refractivity contribution in [2.45, 2.75) is 13.0 Å². The molecular weight excluding hydrogens is 250 g/mol. The van der Waals surface area contributed by atoms with Gasteiger partial charge in [0.1, 0.15) is 6.04 Å². The zero-order chi connectivity index (χ0) is 13.3. The Labute approximate surface area is 112 Å². The molecule has 1 atom stereocenters. The zero-order valence-corrected chi connectivity index (χ0v) is 11.4. The van der Waals surface area contributed by atoms with Crippen LogP contribution < -0.4 is 10.6 Å². The van der Waals surface area contributed by atoms with Gasteiger partial charge in [-0.3, -0.25) is 4.79 Å². The number of nitrogens with zero attached hydrogens (tertiary/aromatic N) is 2. The van der Waals surface area contributed by atoms with E-state index in [1.807, 2.05) is 32.2 Å². The van der Waals surface area contributed by atoms with E-state index in [0.29, 0.717) is 13.1 Å². The number of carbonyl (C=O) groups excluding carboxylic acids is 1. The van der Waals surface area contributed by atoms with Gasteiger partial charge in [-0.1, -0.05) is 17.7 Å². The van der Waals surface area contributed by atoms with Crippen molar-refractivity contribution in [3.63, 3.8) is 0 Å². The summed E-state index contributed by atoms with van der Waals surface area (Å²) in [5.74, 6) is 0.0723. The molecule has 1 unspecified atom stereocenters. The average molecular weight is 268 g/mol. The van der Waals surface area contributed by atoms with Gasteiger partial charge in [-0.05, 0) is 24.6 Å². The first-order valence-corrected chi connectivity index (χ1v) is 6.41. The number of piperazine rings is 1. The smallest absolute Gasteiger partial charge is 0.246 e. The first-order chi connectivity index (χ1) is 8.56. The molecule has 2 rings (SSSR count). The third kappa shape index (κ3) is 2.18. The van der Waals surface area contributed by atoms with Crippen molar-refractivity contribution in [3.8, 4) is 0 Å². The number of likely N-dealkylation sites (N-methyl/N-ethyl adjacent to an activating group) is 1. The highest BCUT2D eigenvalue weighted by atomic mass is 35.5. The van der Waals surface area contributed by atoms with Gasteiger partial charge in [0.25, 0.3) is 0 Å². The third-order valence-corrected chi connectivity index (χ3v) is 3.90. The van der Waals surface area contributed by atoms with Gasteiger partial charge in [0.15, 0.2) is 0 Å². The molecular formula is C13H18ClN3O. The molecule has 5 heteroatoms. The standard InChI is InChI=1S/C13H18ClN3O/c1-9-10(14)4-3-5-11(9)17-7-6-16(2)13(18)12(17)8-15/h3-5,12H,6-8,15H2,1-2H3. The fourth-order valence-electron chi connectivity index (χ4n) is 2.34. The van der Waals surface area contributed by atoms with Crippen LogP contribution in [0, 0.1) is 6.92 Å². The van der Waals surface area contributed by atoms with Gasteiger partial charge in [-0.15, -0.1) is 0 Å². The second-order valence-electron chi connectivity index (χ2n) is 4.59. The number of hydrogen-bond donors (Lipinski definition) is 1. The van der Waals surface area contributed by atoms with Crippen molar-refractivity contribution in [1.29, 1.82) is 0 Å². The number of nitrogens with two attached hydrogens (primary N) is 1. The maximum absolute atomic E-state index is 12.1. The van der Waals surface area contributed by atoms with Crippen molar-refractivity contribution in [2.75, 3.05) is 31.6 Å². The van der Waals surface area contributed by atoms with Crippen molar-refractivity contribution in [1.82, 2.24) is 4.90 Å². The van der Waals surface area contributed by atoms with E-state index in [1.54, 1.807) is 4.90 Å². The van der Waals surface area contributed by atoms with Gasteiger partial charge in [-0.2, -0.15) is 0 Å². The molecule has 0 saturated carbocycles. The molecule has 1 heterocycles. The monoisotopic (exact) mass is 267 g/mol. The Morgan fingerprint density at radius 1 is 1.44 bits per heavy atom. The molecule has 1 aromatic rings. The van der Waals surface area contributed by atoms with E-state index in [1.165, 1.54) is 0 Å². The number of benzene rings is 1. The van der Waals surface area contributed by atoms with Crippen LogP contribution in [0.25, 0.3) is 0 Å². The number of carbonyl (C=O) groups is 1. The van der Waals surface area contributed by atoms with E-state index in [4.69, 9.17) is 17.3 Å². The molecule has 0 spiro atoms. The summed E-state index contributed by atoms with van der Waals surface area (Å²) < 4.78 is 0. The molecule has 0 radical (unpaired) electrons. The van der Waals surface area contributed by atoms with Gasteiger partial charge < -0.3 is 15.5 Å². The molecule has 0 aromatic heterocycles. The minimum absolute atomic E-state index is 0.0723. The van der Waals surface area contributed by atoms with E-state index >= 15 is 0 Å². The van der Waals surface area contributed by atoms with E-state index in [-0.39, 0.29) is 11.9 Å². The Morgan fingerprint density at radius 2 is 2.17 bits per heavy atom. The van der Waals surface area contributed by atoms with E-state index in [2.05, 4.69) is 4.90 Å². The lowest BCUT2D eigenvalue weighted by molar-refractivity contribution is -0.132. The molecule has 4 nitrogen and oxygen atoms in total. The van der Waals surface area contributed by atoms with E-state index in [0.717, 1.165) is 22.8 Å². The van der Waals surface area contributed by atoms with Crippen LogP contribution >= 0.6 is 11.6 Å². The lowest BCUT2D eigenvalue weighted by Crippen LogP contribution is -2.58. The van der Waals surface area contributed by atoms with Gasteiger partial charge in [0.2, 0.25) is 5.91 Å². The SMILES string of the molecule is Cc1c(Cl)cccc1N1CCN(C)C(=O)C1CN. The van der Waals surface area contributed by atoms with Crippen LogP contribution in [-0.4, -0.2) is 43.5 Å². The van der Waals surface area contributed by atoms with Crippen LogP contribution in [0.5, 0.6) is 0 Å². The highest BCUT2D eigenvalue weighted by Crippen LogP contribution is 2.29. The summed E-state index contributed by atoms with van der Waals surface area (Å²) in [6, 6.07) is 5.46. The van der Waals surface area contributed by atoms with Gasteiger partial charge in [-0.25, -0.2) is 0 Å². The predicted molar refractivity (Wildman–Crippen MR) is 74.0 cm³/mol. The normalized spacial score (nSPS) is 20.4. The summed E-state index contributed by atoms with van der Waals surface area (Å²) in [4.78, 5) is 15.9. The van der Waals surface area contributed by atoms with Crippen LogP contribution in [0.3, 0.4) is 0 Å². The second-order valence-corrected chi connectivity index (χ2v) is 5.00.